The summed E-state index contributed by atoms with van der Waals surface area (Å²) >= 11 is 7.55. The highest BCUT2D eigenvalue weighted by Gasteiger charge is 2.30. The van der Waals surface area contributed by atoms with Crippen molar-refractivity contribution in [3.8, 4) is 11.4 Å². The van der Waals surface area contributed by atoms with Crippen molar-refractivity contribution < 1.29 is 13.2 Å². The lowest BCUT2D eigenvalue weighted by atomic mass is 10.2. The molecule has 0 aliphatic heterocycles. The van der Waals surface area contributed by atoms with Crippen molar-refractivity contribution in [3.05, 3.63) is 34.9 Å². The molecule has 0 N–H and O–H groups in total. The van der Waals surface area contributed by atoms with Crippen LogP contribution in [0.3, 0.4) is 0 Å². The number of aromatic nitrogens is 3. The summed E-state index contributed by atoms with van der Waals surface area (Å²) in [5.74, 6) is 0.619. The highest BCUT2D eigenvalue weighted by Crippen LogP contribution is 2.37. The van der Waals surface area contributed by atoms with Crippen LogP contribution in [0.4, 0.5) is 13.2 Å². The molecule has 0 bridgehead atoms. The van der Waals surface area contributed by atoms with E-state index >= 15 is 0 Å². The lowest BCUT2D eigenvalue weighted by Crippen LogP contribution is -2.00. The van der Waals surface area contributed by atoms with Gasteiger partial charge < -0.3 is 4.57 Å². The molecule has 9 heteroatoms. The highest BCUT2D eigenvalue weighted by atomic mass is 79.9. The summed E-state index contributed by atoms with van der Waals surface area (Å²) in [6, 6.07) is 6.89. The minimum atomic E-state index is -4.37. The maximum absolute atomic E-state index is 12.5. The summed E-state index contributed by atoms with van der Waals surface area (Å²) < 4.78 is 40.1. The van der Waals surface area contributed by atoms with Crippen LogP contribution in [0.2, 0.25) is 0 Å². The number of rotatable bonds is 2. The van der Waals surface area contributed by atoms with Crippen LogP contribution in [0, 0.1) is 0 Å². The smallest absolute Gasteiger partial charge is 0.326 e. The number of hydrogen-bond acceptors (Lipinski definition) is 4. The Balaban J connectivity index is 2.11. The Morgan fingerprint density at radius 3 is 2.65 bits per heavy atom. The third kappa shape index (κ3) is 3.51. The summed E-state index contributed by atoms with van der Waals surface area (Å²) in [5, 5.41) is -0.128. The Morgan fingerprint density at radius 1 is 1.26 bits per heavy atom. The van der Waals surface area contributed by atoms with Crippen molar-refractivity contribution in [2.24, 2.45) is 7.05 Å². The van der Waals surface area contributed by atoms with E-state index < -0.39 is 5.51 Å². The zero-order valence-electron chi connectivity index (χ0n) is 11.6. The van der Waals surface area contributed by atoms with E-state index in [0.717, 1.165) is 14.9 Å². The van der Waals surface area contributed by atoms with E-state index in [4.69, 9.17) is 0 Å². The van der Waals surface area contributed by atoms with Crippen LogP contribution >= 0.6 is 40.3 Å². The summed E-state index contributed by atoms with van der Waals surface area (Å²) in [6.07, 6.45) is 1.40. The van der Waals surface area contributed by atoms with Gasteiger partial charge in [-0.15, -0.1) is 12.6 Å². The van der Waals surface area contributed by atoms with Gasteiger partial charge in [-0.2, -0.15) is 13.2 Å². The zero-order valence-corrected chi connectivity index (χ0v) is 14.9. The molecular weight excluding hydrogens is 411 g/mol. The van der Waals surface area contributed by atoms with Crippen molar-refractivity contribution in [1.29, 1.82) is 0 Å². The molecule has 0 spiro atoms. The minimum absolute atomic E-state index is 0.128. The first-order valence-electron chi connectivity index (χ1n) is 6.32. The lowest BCUT2D eigenvalue weighted by molar-refractivity contribution is -0.0329. The van der Waals surface area contributed by atoms with Gasteiger partial charge in [-0.25, -0.2) is 9.97 Å². The Kier molecular flexibility index (Phi) is 4.37. The zero-order chi connectivity index (χ0) is 16.8. The number of thioether (sulfide) groups is 1. The van der Waals surface area contributed by atoms with Crippen LogP contribution in [-0.4, -0.2) is 20.0 Å². The fraction of sp³-hybridized carbons (Fsp3) is 0.143. The molecule has 0 amide bonds. The van der Waals surface area contributed by atoms with Crippen molar-refractivity contribution in [2.75, 3.05) is 0 Å². The fourth-order valence-corrected chi connectivity index (χ4v) is 3.54. The molecule has 0 fully saturated rings. The van der Waals surface area contributed by atoms with Crippen molar-refractivity contribution in [2.45, 2.75) is 15.4 Å². The van der Waals surface area contributed by atoms with Crippen molar-refractivity contribution in [3.63, 3.8) is 0 Å². The van der Waals surface area contributed by atoms with Gasteiger partial charge in [0.25, 0.3) is 0 Å². The van der Waals surface area contributed by atoms with Crippen LogP contribution in [0.25, 0.3) is 22.4 Å². The van der Waals surface area contributed by atoms with E-state index in [2.05, 4.69) is 38.5 Å². The van der Waals surface area contributed by atoms with Crippen molar-refractivity contribution >= 4 is 51.4 Å². The van der Waals surface area contributed by atoms with Crippen LogP contribution in [0.15, 0.2) is 44.9 Å². The maximum Gasteiger partial charge on any atom is 0.447 e. The first kappa shape index (κ1) is 16.7. The summed E-state index contributed by atoms with van der Waals surface area (Å²) in [5.41, 5.74) is -2.47. The van der Waals surface area contributed by atoms with E-state index in [-0.39, 0.29) is 16.8 Å². The minimum Gasteiger partial charge on any atom is -0.326 e. The number of pyridine rings is 1. The number of nitrogens with zero attached hydrogens (tertiary/aromatic N) is 3. The summed E-state index contributed by atoms with van der Waals surface area (Å²) in [6.45, 7) is 0. The number of imidazole rings is 1. The molecule has 23 heavy (non-hydrogen) atoms. The topological polar surface area (TPSA) is 30.7 Å². The van der Waals surface area contributed by atoms with Gasteiger partial charge >= 0.3 is 5.51 Å². The van der Waals surface area contributed by atoms with E-state index in [1.807, 2.05) is 18.2 Å². The second kappa shape index (κ2) is 6.03. The normalized spacial score (nSPS) is 12.1. The van der Waals surface area contributed by atoms with Crippen LogP contribution in [0.1, 0.15) is 0 Å². The molecule has 2 heterocycles. The number of halogens is 4. The number of aryl methyl sites for hydroxylation is 1. The summed E-state index contributed by atoms with van der Waals surface area (Å²) in [4.78, 5) is 9.01. The van der Waals surface area contributed by atoms with Crippen LogP contribution < -0.4 is 0 Å². The molecule has 0 unspecified atom stereocenters. The van der Waals surface area contributed by atoms with Gasteiger partial charge in [-0.1, -0.05) is 15.9 Å². The predicted molar refractivity (Wildman–Crippen MR) is 90.8 cm³/mol. The number of benzene rings is 1. The molecule has 2 aromatic heterocycles. The molecule has 3 rings (SSSR count). The Bertz CT molecular complexity index is 893. The molecule has 0 aliphatic rings. The quantitative estimate of drug-likeness (QED) is 0.451. The van der Waals surface area contributed by atoms with E-state index in [9.17, 15) is 13.2 Å². The fourth-order valence-electron chi connectivity index (χ4n) is 2.18. The second-order valence-electron chi connectivity index (χ2n) is 4.71. The Morgan fingerprint density at radius 2 is 2.00 bits per heavy atom. The number of thiol groups is 1. The molecule has 0 saturated heterocycles. The standard InChI is InChI=1S/C14H9BrF3N3S2/c1-21-10-6-19-12(23-14(16,17)18)5-9(10)20-13(21)8-3-2-7(15)4-11(8)22/h2-6,22H,1H3. The Hall–Kier alpha value is -1.19. The summed E-state index contributed by atoms with van der Waals surface area (Å²) in [7, 11) is 1.79. The van der Waals surface area contributed by atoms with Gasteiger partial charge in [0.05, 0.1) is 17.2 Å². The third-order valence-electron chi connectivity index (χ3n) is 3.16. The number of fused-ring (bicyclic) bond motifs is 1. The van der Waals surface area contributed by atoms with Gasteiger partial charge in [-0.3, -0.25) is 0 Å². The molecule has 0 saturated carbocycles. The molecule has 0 radical (unpaired) electrons. The highest BCUT2D eigenvalue weighted by molar-refractivity contribution is 9.10. The van der Waals surface area contributed by atoms with E-state index in [0.29, 0.717) is 16.9 Å². The first-order chi connectivity index (χ1) is 10.7. The van der Waals surface area contributed by atoms with Gasteiger partial charge in [0.2, 0.25) is 0 Å². The molecule has 3 aromatic rings. The van der Waals surface area contributed by atoms with Gasteiger partial charge in [-0.05, 0) is 24.3 Å². The average Bonchev–Trinajstić information content (AvgIpc) is 2.74. The third-order valence-corrected chi connectivity index (χ3v) is 4.69. The Labute approximate surface area is 147 Å². The number of alkyl halides is 3. The monoisotopic (exact) mass is 419 g/mol. The first-order valence-corrected chi connectivity index (χ1v) is 8.37. The van der Waals surface area contributed by atoms with Crippen LogP contribution in [0.5, 0.6) is 0 Å². The average molecular weight is 420 g/mol. The molecule has 1 aromatic carbocycles. The van der Waals surface area contributed by atoms with Gasteiger partial charge in [0.1, 0.15) is 10.9 Å². The molecular formula is C14H9BrF3N3S2. The van der Waals surface area contributed by atoms with Gasteiger partial charge in [0, 0.05) is 33.7 Å². The molecule has 3 nitrogen and oxygen atoms in total. The van der Waals surface area contributed by atoms with E-state index in [1.54, 1.807) is 11.6 Å². The largest absolute Gasteiger partial charge is 0.447 e. The second-order valence-corrected chi connectivity index (χ2v) is 7.20. The molecule has 120 valence electrons. The predicted octanol–water partition coefficient (Wildman–Crippen LogP) is 5.30. The van der Waals surface area contributed by atoms with Gasteiger partial charge in [0.15, 0.2) is 0 Å². The van der Waals surface area contributed by atoms with E-state index in [1.165, 1.54) is 12.3 Å². The van der Waals surface area contributed by atoms with Crippen LogP contribution in [-0.2, 0) is 7.05 Å². The molecule has 0 aliphatic carbocycles. The van der Waals surface area contributed by atoms with Crippen molar-refractivity contribution in [1.82, 2.24) is 14.5 Å². The maximum atomic E-state index is 12.5. The lowest BCUT2D eigenvalue weighted by Gasteiger charge is -2.06. The SMILES string of the molecule is Cn1c(-c2ccc(Br)cc2S)nc2cc(SC(F)(F)F)ncc21. The number of hydrogen-bond donors (Lipinski definition) is 1. The molecule has 0 atom stereocenters.